The average molecular weight is 346 g/mol. The third-order valence-electron chi connectivity index (χ3n) is 3.45. The molecule has 0 saturated carbocycles. The summed E-state index contributed by atoms with van der Waals surface area (Å²) in [5.41, 5.74) is 3.03. The zero-order valence-electron chi connectivity index (χ0n) is 12.9. The molecule has 3 rings (SSSR count). The first-order valence-corrected chi connectivity index (χ1v) is 7.33. The Labute approximate surface area is 141 Å². The van der Waals surface area contributed by atoms with E-state index in [1.807, 2.05) is 24.3 Å². The molecule has 0 bridgehead atoms. The third kappa shape index (κ3) is 4.33. The number of aromatic nitrogens is 2. The molecule has 1 N–H and O–H groups in total. The van der Waals surface area contributed by atoms with Gasteiger partial charge in [0.15, 0.2) is 5.82 Å². The molecule has 3 aromatic rings. The molecule has 128 valence electrons. The third-order valence-corrected chi connectivity index (χ3v) is 3.45. The predicted molar refractivity (Wildman–Crippen MR) is 85.5 cm³/mol. The van der Waals surface area contributed by atoms with Gasteiger partial charge in [-0.25, -0.2) is 9.97 Å². The molecule has 0 aliphatic carbocycles. The van der Waals surface area contributed by atoms with Crippen molar-refractivity contribution in [2.75, 3.05) is 0 Å². The van der Waals surface area contributed by atoms with Gasteiger partial charge in [-0.2, -0.15) is 0 Å². The monoisotopic (exact) mass is 346 g/mol. The quantitative estimate of drug-likeness (QED) is 0.769. The fraction of sp³-hybridized carbons (Fsp3) is 0.111. The standard InChI is InChI=1S/C18H13F3N2O2/c19-18(20,21)25-16-7-5-14(6-8-16)13-1-3-15(4-2-13)17-22-9-12(11-24)10-23-17/h1-10,24H,11H2. The molecule has 0 atom stereocenters. The summed E-state index contributed by atoms with van der Waals surface area (Å²) in [6.45, 7) is -0.118. The highest BCUT2D eigenvalue weighted by atomic mass is 19.4. The van der Waals surface area contributed by atoms with Gasteiger partial charge in [0.25, 0.3) is 0 Å². The van der Waals surface area contributed by atoms with Crippen LogP contribution in [0.1, 0.15) is 5.56 Å². The summed E-state index contributed by atoms with van der Waals surface area (Å²) in [5, 5.41) is 8.99. The van der Waals surface area contributed by atoms with Gasteiger partial charge in [-0.15, -0.1) is 13.2 Å². The van der Waals surface area contributed by atoms with Crippen LogP contribution in [-0.4, -0.2) is 21.4 Å². The smallest absolute Gasteiger partial charge is 0.406 e. The largest absolute Gasteiger partial charge is 0.573 e. The van der Waals surface area contributed by atoms with Gasteiger partial charge in [0.05, 0.1) is 6.61 Å². The van der Waals surface area contributed by atoms with Crippen LogP contribution in [0, 0.1) is 0 Å². The molecular formula is C18H13F3N2O2. The first-order chi connectivity index (χ1) is 11.9. The maximum absolute atomic E-state index is 12.2. The molecule has 0 saturated heterocycles. The Morgan fingerprint density at radius 2 is 1.28 bits per heavy atom. The fourth-order valence-electron chi connectivity index (χ4n) is 2.25. The van der Waals surface area contributed by atoms with Crippen molar-refractivity contribution >= 4 is 0 Å². The highest BCUT2D eigenvalue weighted by Crippen LogP contribution is 2.27. The molecule has 0 amide bonds. The Morgan fingerprint density at radius 3 is 1.76 bits per heavy atom. The number of alkyl halides is 3. The average Bonchev–Trinajstić information content (AvgIpc) is 2.61. The number of aliphatic hydroxyl groups is 1. The van der Waals surface area contributed by atoms with E-state index in [4.69, 9.17) is 5.11 Å². The summed E-state index contributed by atoms with van der Waals surface area (Å²) >= 11 is 0. The predicted octanol–water partition coefficient (Wildman–Crippen LogP) is 4.20. The number of hydrogen-bond donors (Lipinski definition) is 1. The zero-order chi connectivity index (χ0) is 17.9. The van der Waals surface area contributed by atoms with Gasteiger partial charge >= 0.3 is 6.36 Å². The molecule has 1 heterocycles. The fourth-order valence-corrected chi connectivity index (χ4v) is 2.25. The van der Waals surface area contributed by atoms with Crippen LogP contribution in [0.25, 0.3) is 22.5 Å². The summed E-state index contributed by atoms with van der Waals surface area (Å²) in [6.07, 6.45) is -1.60. The number of halogens is 3. The van der Waals surface area contributed by atoms with Crippen LogP contribution in [0.2, 0.25) is 0 Å². The van der Waals surface area contributed by atoms with E-state index in [-0.39, 0.29) is 12.4 Å². The van der Waals surface area contributed by atoms with Crippen molar-refractivity contribution in [3.8, 4) is 28.3 Å². The number of rotatable bonds is 4. The van der Waals surface area contributed by atoms with E-state index < -0.39 is 6.36 Å². The molecule has 1 aromatic heterocycles. The minimum atomic E-state index is -4.70. The highest BCUT2D eigenvalue weighted by Gasteiger charge is 2.30. The lowest BCUT2D eigenvalue weighted by Gasteiger charge is -2.09. The molecule has 2 aromatic carbocycles. The Balaban J connectivity index is 1.77. The van der Waals surface area contributed by atoms with Crippen LogP contribution >= 0.6 is 0 Å². The second-order valence-electron chi connectivity index (χ2n) is 5.22. The van der Waals surface area contributed by atoms with Gasteiger partial charge in [-0.3, -0.25) is 0 Å². The number of benzene rings is 2. The zero-order valence-corrected chi connectivity index (χ0v) is 12.9. The van der Waals surface area contributed by atoms with Gasteiger partial charge in [0.2, 0.25) is 0 Å². The highest BCUT2D eigenvalue weighted by molar-refractivity contribution is 5.68. The molecule has 7 heteroatoms. The molecule has 0 radical (unpaired) electrons. The van der Waals surface area contributed by atoms with E-state index in [1.165, 1.54) is 12.1 Å². The van der Waals surface area contributed by atoms with E-state index in [2.05, 4.69) is 14.7 Å². The molecule has 4 nitrogen and oxygen atoms in total. The van der Waals surface area contributed by atoms with E-state index in [0.717, 1.165) is 16.7 Å². The number of nitrogens with zero attached hydrogens (tertiary/aromatic N) is 2. The summed E-state index contributed by atoms with van der Waals surface area (Å²) < 4.78 is 40.4. The molecule has 0 fully saturated rings. The molecule has 0 spiro atoms. The van der Waals surface area contributed by atoms with Crippen molar-refractivity contribution in [1.82, 2.24) is 9.97 Å². The van der Waals surface area contributed by atoms with Gasteiger partial charge in [0.1, 0.15) is 5.75 Å². The van der Waals surface area contributed by atoms with Crippen LogP contribution in [0.4, 0.5) is 13.2 Å². The lowest BCUT2D eigenvalue weighted by Crippen LogP contribution is -2.16. The lowest BCUT2D eigenvalue weighted by molar-refractivity contribution is -0.274. The summed E-state index contributed by atoms with van der Waals surface area (Å²) in [7, 11) is 0. The number of hydrogen-bond acceptors (Lipinski definition) is 4. The van der Waals surface area contributed by atoms with Crippen LogP contribution < -0.4 is 4.74 Å². The summed E-state index contributed by atoms with van der Waals surface area (Å²) in [5.74, 6) is 0.267. The molecule has 0 unspecified atom stereocenters. The van der Waals surface area contributed by atoms with E-state index in [0.29, 0.717) is 11.4 Å². The van der Waals surface area contributed by atoms with E-state index >= 15 is 0 Å². The first-order valence-electron chi connectivity index (χ1n) is 7.33. The number of ether oxygens (including phenoxy) is 1. The van der Waals surface area contributed by atoms with Crippen LogP contribution in [0.15, 0.2) is 60.9 Å². The molecular weight excluding hydrogens is 333 g/mol. The SMILES string of the molecule is OCc1cnc(-c2ccc(-c3ccc(OC(F)(F)F)cc3)cc2)nc1. The van der Waals surface area contributed by atoms with Crippen molar-refractivity contribution in [2.45, 2.75) is 13.0 Å². The Morgan fingerprint density at radius 1 is 0.800 bits per heavy atom. The van der Waals surface area contributed by atoms with Crippen molar-refractivity contribution in [3.05, 3.63) is 66.5 Å². The lowest BCUT2D eigenvalue weighted by atomic mass is 10.0. The van der Waals surface area contributed by atoms with E-state index in [9.17, 15) is 13.2 Å². The van der Waals surface area contributed by atoms with Crippen LogP contribution in [0.3, 0.4) is 0 Å². The minimum Gasteiger partial charge on any atom is -0.406 e. The Bertz CT molecular complexity index is 830. The summed E-state index contributed by atoms with van der Waals surface area (Å²) in [4.78, 5) is 8.35. The molecule has 25 heavy (non-hydrogen) atoms. The minimum absolute atomic E-state index is 0.118. The van der Waals surface area contributed by atoms with Crippen LogP contribution in [-0.2, 0) is 6.61 Å². The van der Waals surface area contributed by atoms with Crippen molar-refractivity contribution in [2.24, 2.45) is 0 Å². The van der Waals surface area contributed by atoms with Crippen molar-refractivity contribution in [1.29, 1.82) is 0 Å². The molecule has 0 aliphatic heterocycles. The van der Waals surface area contributed by atoms with Gasteiger partial charge in [-0.1, -0.05) is 36.4 Å². The summed E-state index contributed by atoms with van der Waals surface area (Å²) in [6, 6.07) is 13.0. The maximum Gasteiger partial charge on any atom is 0.573 e. The van der Waals surface area contributed by atoms with Gasteiger partial charge in [-0.05, 0) is 23.3 Å². The second kappa shape index (κ2) is 6.90. The van der Waals surface area contributed by atoms with Gasteiger partial charge in [0, 0.05) is 23.5 Å². The second-order valence-corrected chi connectivity index (χ2v) is 5.22. The topological polar surface area (TPSA) is 55.2 Å². The van der Waals surface area contributed by atoms with Crippen molar-refractivity contribution in [3.63, 3.8) is 0 Å². The Hall–Kier alpha value is -2.93. The first kappa shape index (κ1) is 16.9. The number of aliphatic hydroxyl groups excluding tert-OH is 1. The maximum atomic E-state index is 12.2. The van der Waals surface area contributed by atoms with Crippen LogP contribution in [0.5, 0.6) is 5.75 Å². The normalized spacial score (nSPS) is 11.4. The van der Waals surface area contributed by atoms with Gasteiger partial charge < -0.3 is 9.84 Å². The van der Waals surface area contributed by atoms with Crippen molar-refractivity contribution < 1.29 is 23.0 Å². The molecule has 0 aliphatic rings. The Kier molecular flexibility index (Phi) is 4.67. The van der Waals surface area contributed by atoms with E-state index in [1.54, 1.807) is 24.5 Å².